The molecule has 0 unspecified atom stereocenters. The van der Waals surface area contributed by atoms with E-state index in [1.165, 1.54) is 27.3 Å². The molecule has 46 heavy (non-hydrogen) atoms. The van der Waals surface area contributed by atoms with Crippen molar-refractivity contribution in [2.24, 2.45) is 0 Å². The Labute approximate surface area is 266 Å². The highest BCUT2D eigenvalue weighted by Gasteiger charge is 2.18. The van der Waals surface area contributed by atoms with Crippen LogP contribution in [0.5, 0.6) is 0 Å². The lowest BCUT2D eigenvalue weighted by Crippen LogP contribution is -2.10. The van der Waals surface area contributed by atoms with Gasteiger partial charge in [-0.2, -0.15) is 0 Å². The minimum absolute atomic E-state index is 0.636. The summed E-state index contributed by atoms with van der Waals surface area (Å²) in [6.07, 6.45) is 1.92. The molecule has 9 aromatic rings. The Kier molecular flexibility index (Phi) is 6.14. The first-order chi connectivity index (χ1) is 22.8. The number of fused-ring (bicyclic) bond motifs is 5. The monoisotopic (exact) mass is 588 g/mol. The molecule has 7 aromatic carbocycles. The molecule has 216 valence electrons. The van der Waals surface area contributed by atoms with E-state index in [4.69, 9.17) is 9.40 Å². The van der Waals surface area contributed by atoms with Crippen molar-refractivity contribution in [3.05, 3.63) is 170 Å². The van der Waals surface area contributed by atoms with Gasteiger partial charge in [-0.25, -0.2) is 4.98 Å². The molecule has 0 atom stereocenters. The number of hydrogen-bond acceptors (Lipinski definition) is 3. The minimum Gasteiger partial charge on any atom is -0.438 e. The molecule has 0 spiro atoms. The van der Waals surface area contributed by atoms with Gasteiger partial charge < -0.3 is 9.32 Å². The fourth-order valence-electron chi connectivity index (χ4n) is 6.65. The van der Waals surface area contributed by atoms with Crippen LogP contribution in [0.2, 0.25) is 0 Å². The number of anilines is 3. The highest BCUT2D eigenvalue weighted by molar-refractivity contribution is 6.10. The van der Waals surface area contributed by atoms with Crippen molar-refractivity contribution in [1.29, 1.82) is 0 Å². The van der Waals surface area contributed by atoms with E-state index < -0.39 is 0 Å². The molecule has 0 aliphatic carbocycles. The summed E-state index contributed by atoms with van der Waals surface area (Å²) in [4.78, 5) is 7.17. The van der Waals surface area contributed by atoms with Crippen molar-refractivity contribution in [3.63, 3.8) is 0 Å². The van der Waals surface area contributed by atoms with Crippen molar-refractivity contribution in [3.8, 4) is 22.3 Å². The summed E-state index contributed by atoms with van der Waals surface area (Å²) in [6.45, 7) is 0. The zero-order valence-electron chi connectivity index (χ0n) is 25.0. The Morgan fingerprint density at radius 3 is 1.87 bits per heavy atom. The van der Waals surface area contributed by atoms with Gasteiger partial charge in [0.05, 0.1) is 17.3 Å². The van der Waals surface area contributed by atoms with Gasteiger partial charge in [0.1, 0.15) is 5.58 Å². The third kappa shape index (κ3) is 4.49. The number of hydrogen-bond donors (Lipinski definition) is 0. The Balaban J connectivity index is 1.25. The number of nitrogens with zero attached hydrogens (tertiary/aromatic N) is 2. The van der Waals surface area contributed by atoms with Crippen molar-refractivity contribution in [2.45, 2.75) is 0 Å². The maximum absolute atomic E-state index is 6.27. The molecule has 0 saturated carbocycles. The minimum atomic E-state index is 0.636. The van der Waals surface area contributed by atoms with Gasteiger partial charge in [-0.05, 0) is 86.3 Å². The van der Waals surface area contributed by atoms with Gasteiger partial charge in [-0.3, -0.25) is 0 Å². The lowest BCUT2D eigenvalue weighted by molar-refractivity contribution is 0.654. The van der Waals surface area contributed by atoms with E-state index in [1.54, 1.807) is 0 Å². The summed E-state index contributed by atoms with van der Waals surface area (Å²) in [7, 11) is 0. The topological polar surface area (TPSA) is 29.3 Å². The number of aromatic nitrogens is 1. The SMILES string of the molecule is c1ccc(-c2cccc(N(c3cccc(-c4cccc5ccccc45)c3)c3cnc4oc5cc6ccccc6cc5c4c3)c2)cc1. The fourth-order valence-corrected chi connectivity index (χ4v) is 6.65. The molecule has 0 amide bonds. The summed E-state index contributed by atoms with van der Waals surface area (Å²) in [5, 5.41) is 6.85. The van der Waals surface area contributed by atoms with Gasteiger partial charge in [0.15, 0.2) is 0 Å². The summed E-state index contributed by atoms with van der Waals surface area (Å²) < 4.78 is 6.27. The van der Waals surface area contributed by atoms with E-state index in [-0.39, 0.29) is 0 Å². The zero-order chi connectivity index (χ0) is 30.5. The van der Waals surface area contributed by atoms with Gasteiger partial charge in [0.25, 0.3) is 0 Å². The van der Waals surface area contributed by atoms with Crippen molar-refractivity contribution < 1.29 is 4.42 Å². The second-order valence-corrected chi connectivity index (χ2v) is 11.7. The smallest absolute Gasteiger partial charge is 0.227 e. The Morgan fingerprint density at radius 1 is 0.413 bits per heavy atom. The van der Waals surface area contributed by atoms with E-state index in [9.17, 15) is 0 Å². The van der Waals surface area contributed by atoms with Crippen LogP contribution in [0.1, 0.15) is 0 Å². The molecule has 0 radical (unpaired) electrons. The van der Waals surface area contributed by atoms with Crippen LogP contribution in [-0.2, 0) is 0 Å². The maximum atomic E-state index is 6.27. The van der Waals surface area contributed by atoms with E-state index in [0.717, 1.165) is 49.9 Å². The number of furan rings is 1. The first-order valence-electron chi connectivity index (χ1n) is 15.5. The van der Waals surface area contributed by atoms with Gasteiger partial charge >= 0.3 is 0 Å². The zero-order valence-corrected chi connectivity index (χ0v) is 25.0. The van der Waals surface area contributed by atoms with Crippen molar-refractivity contribution >= 4 is 60.7 Å². The Bertz CT molecular complexity index is 2540. The maximum Gasteiger partial charge on any atom is 0.227 e. The van der Waals surface area contributed by atoms with Gasteiger partial charge in [0.2, 0.25) is 5.71 Å². The van der Waals surface area contributed by atoms with Crippen LogP contribution < -0.4 is 4.90 Å². The van der Waals surface area contributed by atoms with Crippen LogP contribution in [0.15, 0.2) is 174 Å². The third-order valence-corrected chi connectivity index (χ3v) is 8.86. The van der Waals surface area contributed by atoms with Crippen LogP contribution in [0.3, 0.4) is 0 Å². The van der Waals surface area contributed by atoms with E-state index in [0.29, 0.717) is 5.71 Å². The molecule has 0 bridgehead atoms. The van der Waals surface area contributed by atoms with Crippen LogP contribution in [0, 0.1) is 0 Å². The quantitative estimate of drug-likeness (QED) is 0.200. The predicted molar refractivity (Wildman–Crippen MR) is 192 cm³/mol. The molecule has 0 saturated heterocycles. The molecule has 2 aromatic heterocycles. The number of pyridine rings is 1. The molecular weight excluding hydrogens is 560 g/mol. The average Bonchev–Trinajstić information content (AvgIpc) is 3.48. The molecule has 0 N–H and O–H groups in total. The molecule has 2 heterocycles. The van der Waals surface area contributed by atoms with Crippen LogP contribution >= 0.6 is 0 Å². The molecule has 3 heteroatoms. The average molecular weight is 589 g/mol. The highest BCUT2D eigenvalue weighted by Crippen LogP contribution is 2.41. The molecule has 9 rings (SSSR count). The van der Waals surface area contributed by atoms with E-state index >= 15 is 0 Å². The first kappa shape index (κ1) is 26.2. The summed E-state index contributed by atoms with van der Waals surface area (Å²) in [5.74, 6) is 0. The van der Waals surface area contributed by atoms with Crippen molar-refractivity contribution in [2.75, 3.05) is 4.90 Å². The molecule has 0 fully saturated rings. The van der Waals surface area contributed by atoms with E-state index in [1.807, 2.05) is 6.20 Å². The summed E-state index contributed by atoms with van der Waals surface area (Å²) >= 11 is 0. The lowest BCUT2D eigenvalue weighted by atomic mass is 9.97. The summed E-state index contributed by atoms with van der Waals surface area (Å²) in [5.41, 5.74) is 9.24. The van der Waals surface area contributed by atoms with Crippen LogP contribution in [0.25, 0.3) is 65.9 Å². The van der Waals surface area contributed by atoms with Gasteiger partial charge in [-0.15, -0.1) is 0 Å². The largest absolute Gasteiger partial charge is 0.438 e. The van der Waals surface area contributed by atoms with Crippen LogP contribution in [0.4, 0.5) is 17.1 Å². The Hall–Kier alpha value is -6.19. The number of rotatable bonds is 5. The number of benzene rings is 7. The molecular formula is C43H28N2O. The second-order valence-electron chi connectivity index (χ2n) is 11.7. The fraction of sp³-hybridized carbons (Fsp3) is 0. The van der Waals surface area contributed by atoms with Gasteiger partial charge in [0, 0.05) is 16.8 Å². The standard InChI is InChI=1S/C43H28N2O/c1-2-11-29(12-3-1)31-17-8-19-35(23-31)45(36-20-9-18-34(24-36)39-22-10-16-30-13-6-7-21-38(30)39)37-27-41-40-25-32-14-4-5-15-33(32)26-42(40)46-43(41)44-28-37/h1-28H. The summed E-state index contributed by atoms with van der Waals surface area (Å²) in [6, 6.07) is 58.0. The second kappa shape index (κ2) is 10.8. The van der Waals surface area contributed by atoms with Crippen molar-refractivity contribution in [1.82, 2.24) is 4.98 Å². The normalized spacial score (nSPS) is 11.5. The highest BCUT2D eigenvalue weighted by atomic mass is 16.3. The predicted octanol–water partition coefficient (Wildman–Crippen LogP) is 12.1. The lowest BCUT2D eigenvalue weighted by Gasteiger charge is -2.26. The van der Waals surface area contributed by atoms with Gasteiger partial charge in [-0.1, -0.05) is 121 Å². The molecule has 0 aliphatic heterocycles. The first-order valence-corrected chi connectivity index (χ1v) is 15.5. The third-order valence-electron chi connectivity index (χ3n) is 8.86. The van der Waals surface area contributed by atoms with E-state index in [2.05, 4.69) is 169 Å². The molecule has 3 nitrogen and oxygen atoms in total. The van der Waals surface area contributed by atoms with Crippen LogP contribution in [-0.4, -0.2) is 4.98 Å². The molecule has 0 aliphatic rings. The Morgan fingerprint density at radius 2 is 1.04 bits per heavy atom.